The highest BCUT2D eigenvalue weighted by molar-refractivity contribution is 5.22. The molecule has 1 atom stereocenters. The van der Waals surface area contributed by atoms with Crippen molar-refractivity contribution in [3.8, 4) is 0 Å². The first-order valence-electron chi connectivity index (χ1n) is 7.75. The number of nitrogens with zero attached hydrogens (tertiary/aromatic N) is 1. The summed E-state index contributed by atoms with van der Waals surface area (Å²) in [6.07, 6.45) is 5.12. The SMILES string of the molecule is CCCc1ccc(CN(C)CCC2CCNC2)cc1. The third-order valence-corrected chi connectivity index (χ3v) is 4.10. The Hall–Kier alpha value is -0.860. The zero-order valence-electron chi connectivity index (χ0n) is 12.5. The number of hydrogen-bond donors (Lipinski definition) is 1. The number of benzene rings is 1. The van der Waals surface area contributed by atoms with Crippen molar-refractivity contribution >= 4 is 0 Å². The molecule has 0 aliphatic carbocycles. The van der Waals surface area contributed by atoms with E-state index >= 15 is 0 Å². The molecule has 106 valence electrons. The first-order chi connectivity index (χ1) is 9.28. The molecule has 1 aliphatic rings. The molecule has 0 amide bonds. The van der Waals surface area contributed by atoms with Crippen molar-refractivity contribution < 1.29 is 0 Å². The summed E-state index contributed by atoms with van der Waals surface area (Å²) in [5.74, 6) is 0.898. The molecule has 2 nitrogen and oxygen atoms in total. The van der Waals surface area contributed by atoms with Gasteiger partial charge in [0.05, 0.1) is 0 Å². The molecule has 1 unspecified atom stereocenters. The minimum Gasteiger partial charge on any atom is -0.316 e. The van der Waals surface area contributed by atoms with Crippen molar-refractivity contribution in [3.05, 3.63) is 35.4 Å². The summed E-state index contributed by atoms with van der Waals surface area (Å²) in [4.78, 5) is 2.45. The van der Waals surface area contributed by atoms with Crippen LogP contribution >= 0.6 is 0 Å². The van der Waals surface area contributed by atoms with Gasteiger partial charge in [-0.1, -0.05) is 37.6 Å². The minimum atomic E-state index is 0.898. The van der Waals surface area contributed by atoms with E-state index in [4.69, 9.17) is 0 Å². The highest BCUT2D eigenvalue weighted by Gasteiger charge is 2.14. The van der Waals surface area contributed by atoms with E-state index < -0.39 is 0 Å². The molecule has 2 rings (SSSR count). The van der Waals surface area contributed by atoms with Gasteiger partial charge in [0.25, 0.3) is 0 Å². The Morgan fingerprint density at radius 2 is 1.95 bits per heavy atom. The fourth-order valence-electron chi connectivity index (χ4n) is 2.85. The number of rotatable bonds is 7. The van der Waals surface area contributed by atoms with Crippen LogP contribution < -0.4 is 5.32 Å². The van der Waals surface area contributed by atoms with Gasteiger partial charge in [0.2, 0.25) is 0 Å². The molecule has 1 saturated heterocycles. The fraction of sp³-hybridized carbons (Fsp3) is 0.647. The highest BCUT2D eigenvalue weighted by Crippen LogP contribution is 2.14. The zero-order chi connectivity index (χ0) is 13.5. The van der Waals surface area contributed by atoms with Crippen molar-refractivity contribution in [2.45, 2.75) is 39.2 Å². The van der Waals surface area contributed by atoms with E-state index in [9.17, 15) is 0 Å². The molecule has 0 radical (unpaired) electrons. The van der Waals surface area contributed by atoms with E-state index in [1.54, 1.807) is 0 Å². The average molecular weight is 260 g/mol. The predicted octanol–water partition coefficient (Wildman–Crippen LogP) is 3.07. The van der Waals surface area contributed by atoms with E-state index in [2.05, 4.69) is 48.5 Å². The second-order valence-electron chi connectivity index (χ2n) is 5.95. The maximum absolute atomic E-state index is 3.45. The Kier molecular flexibility index (Phi) is 5.87. The second kappa shape index (κ2) is 7.66. The smallest absolute Gasteiger partial charge is 0.0230 e. The molecular weight excluding hydrogens is 232 g/mol. The highest BCUT2D eigenvalue weighted by atomic mass is 15.1. The van der Waals surface area contributed by atoms with Crippen LogP contribution in [0.3, 0.4) is 0 Å². The van der Waals surface area contributed by atoms with Crippen molar-refractivity contribution in [3.63, 3.8) is 0 Å². The van der Waals surface area contributed by atoms with Crippen LogP contribution in [0.5, 0.6) is 0 Å². The van der Waals surface area contributed by atoms with Crippen molar-refractivity contribution in [1.82, 2.24) is 10.2 Å². The van der Waals surface area contributed by atoms with Gasteiger partial charge >= 0.3 is 0 Å². The lowest BCUT2D eigenvalue weighted by molar-refractivity contribution is 0.298. The number of nitrogens with one attached hydrogen (secondary N) is 1. The Balaban J connectivity index is 1.72. The Morgan fingerprint density at radius 3 is 2.58 bits per heavy atom. The molecule has 0 aromatic heterocycles. The second-order valence-corrected chi connectivity index (χ2v) is 5.95. The maximum Gasteiger partial charge on any atom is 0.0230 e. The maximum atomic E-state index is 3.45. The summed E-state index contributed by atoms with van der Waals surface area (Å²) in [7, 11) is 2.24. The summed E-state index contributed by atoms with van der Waals surface area (Å²) >= 11 is 0. The lowest BCUT2D eigenvalue weighted by Crippen LogP contribution is -2.22. The van der Waals surface area contributed by atoms with Gasteiger partial charge < -0.3 is 10.2 Å². The molecule has 0 bridgehead atoms. The van der Waals surface area contributed by atoms with Gasteiger partial charge in [0.1, 0.15) is 0 Å². The van der Waals surface area contributed by atoms with Crippen LogP contribution in [0, 0.1) is 5.92 Å². The van der Waals surface area contributed by atoms with Gasteiger partial charge in [0, 0.05) is 6.54 Å². The molecule has 1 heterocycles. The lowest BCUT2D eigenvalue weighted by Gasteiger charge is -2.19. The molecule has 0 spiro atoms. The van der Waals surface area contributed by atoms with E-state index in [0.29, 0.717) is 0 Å². The van der Waals surface area contributed by atoms with Gasteiger partial charge in [0.15, 0.2) is 0 Å². The summed E-state index contributed by atoms with van der Waals surface area (Å²) in [5, 5.41) is 3.45. The standard InChI is InChI=1S/C17H28N2/c1-3-4-15-5-7-17(8-6-15)14-19(2)12-10-16-9-11-18-13-16/h5-8,16,18H,3-4,9-14H2,1-2H3. The Labute approximate surface area is 118 Å². The van der Waals surface area contributed by atoms with Gasteiger partial charge in [-0.15, -0.1) is 0 Å². The fourth-order valence-corrected chi connectivity index (χ4v) is 2.85. The number of hydrogen-bond acceptors (Lipinski definition) is 2. The monoisotopic (exact) mass is 260 g/mol. The normalized spacial score (nSPS) is 19.2. The molecule has 19 heavy (non-hydrogen) atoms. The Bertz CT molecular complexity index is 352. The van der Waals surface area contributed by atoms with E-state index in [1.807, 2.05) is 0 Å². The van der Waals surface area contributed by atoms with Gasteiger partial charge in [-0.3, -0.25) is 0 Å². The summed E-state index contributed by atoms with van der Waals surface area (Å²) in [5.41, 5.74) is 2.90. The van der Waals surface area contributed by atoms with Crippen LogP contribution in [0.2, 0.25) is 0 Å². The lowest BCUT2D eigenvalue weighted by atomic mass is 10.0. The molecule has 1 aromatic carbocycles. The van der Waals surface area contributed by atoms with Crippen LogP contribution in [0.15, 0.2) is 24.3 Å². The van der Waals surface area contributed by atoms with Crippen molar-refractivity contribution in [2.24, 2.45) is 5.92 Å². The third-order valence-electron chi connectivity index (χ3n) is 4.10. The van der Waals surface area contributed by atoms with E-state index in [0.717, 1.165) is 12.5 Å². The zero-order valence-corrected chi connectivity index (χ0v) is 12.5. The molecule has 1 N–H and O–H groups in total. The predicted molar refractivity (Wildman–Crippen MR) is 82.4 cm³/mol. The minimum absolute atomic E-state index is 0.898. The van der Waals surface area contributed by atoms with E-state index in [1.165, 1.54) is 56.4 Å². The molecule has 1 aliphatic heterocycles. The van der Waals surface area contributed by atoms with Gasteiger partial charge in [-0.2, -0.15) is 0 Å². The molecule has 1 aromatic rings. The van der Waals surface area contributed by atoms with Gasteiger partial charge in [-0.25, -0.2) is 0 Å². The van der Waals surface area contributed by atoms with Crippen LogP contribution in [0.25, 0.3) is 0 Å². The third kappa shape index (κ3) is 4.96. The topological polar surface area (TPSA) is 15.3 Å². The van der Waals surface area contributed by atoms with Crippen molar-refractivity contribution in [1.29, 1.82) is 0 Å². The summed E-state index contributed by atoms with van der Waals surface area (Å²) in [6.45, 7) is 6.96. The van der Waals surface area contributed by atoms with E-state index in [-0.39, 0.29) is 0 Å². The number of aryl methyl sites for hydroxylation is 1. The van der Waals surface area contributed by atoms with Crippen LogP contribution in [-0.2, 0) is 13.0 Å². The van der Waals surface area contributed by atoms with Crippen LogP contribution in [0.1, 0.15) is 37.3 Å². The quantitative estimate of drug-likeness (QED) is 0.810. The molecular formula is C17H28N2. The summed E-state index contributed by atoms with van der Waals surface area (Å²) < 4.78 is 0. The summed E-state index contributed by atoms with van der Waals surface area (Å²) in [6, 6.07) is 9.15. The van der Waals surface area contributed by atoms with Crippen molar-refractivity contribution in [2.75, 3.05) is 26.7 Å². The largest absolute Gasteiger partial charge is 0.316 e. The first kappa shape index (κ1) is 14.5. The molecule has 0 saturated carbocycles. The molecule has 1 fully saturated rings. The Morgan fingerprint density at radius 1 is 1.21 bits per heavy atom. The average Bonchev–Trinajstić information content (AvgIpc) is 2.92. The van der Waals surface area contributed by atoms with Crippen LogP contribution in [-0.4, -0.2) is 31.6 Å². The van der Waals surface area contributed by atoms with Crippen LogP contribution in [0.4, 0.5) is 0 Å². The van der Waals surface area contributed by atoms with Gasteiger partial charge in [-0.05, 0) is 63.0 Å². The molecule has 2 heteroatoms. The first-order valence-corrected chi connectivity index (χ1v) is 7.75.